The Bertz CT molecular complexity index is 410. The predicted molar refractivity (Wildman–Crippen MR) is 73.1 cm³/mol. The molecule has 4 nitrogen and oxygen atoms in total. The fourth-order valence-electron chi connectivity index (χ4n) is 2.41. The highest BCUT2D eigenvalue weighted by atomic mass is 16.5. The molecule has 1 aliphatic rings. The van der Waals surface area contributed by atoms with Gasteiger partial charge in [-0.05, 0) is 37.6 Å². The van der Waals surface area contributed by atoms with E-state index in [9.17, 15) is 4.79 Å². The van der Waals surface area contributed by atoms with Gasteiger partial charge in [-0.3, -0.25) is 4.90 Å². The van der Waals surface area contributed by atoms with E-state index in [-0.39, 0.29) is 5.97 Å². The molecular weight excluding hydrogens is 242 g/mol. The van der Waals surface area contributed by atoms with E-state index < -0.39 is 0 Å². The number of rotatable bonds is 4. The molecule has 19 heavy (non-hydrogen) atoms. The van der Waals surface area contributed by atoms with E-state index in [0.29, 0.717) is 11.6 Å². The van der Waals surface area contributed by atoms with Gasteiger partial charge in [0.05, 0.1) is 12.7 Å². The second-order valence-electron chi connectivity index (χ2n) is 4.95. The number of carbonyl (C=O) groups is 1. The van der Waals surface area contributed by atoms with Crippen molar-refractivity contribution >= 4 is 5.97 Å². The van der Waals surface area contributed by atoms with Crippen molar-refractivity contribution in [3.8, 4) is 0 Å². The Hall–Kier alpha value is -1.39. The standard InChI is InChI=1S/C15H21NO3/c1-16(14-7-9-19-10-8-14)11-12-3-5-13(6-4-12)15(17)18-2/h3-6,14H,7-11H2,1-2H3. The maximum atomic E-state index is 11.3. The lowest BCUT2D eigenvalue weighted by Gasteiger charge is -2.31. The Labute approximate surface area is 114 Å². The van der Waals surface area contributed by atoms with E-state index >= 15 is 0 Å². The van der Waals surface area contributed by atoms with Crippen LogP contribution in [0.15, 0.2) is 24.3 Å². The quantitative estimate of drug-likeness (QED) is 0.780. The Balaban J connectivity index is 1.93. The Morgan fingerprint density at radius 2 is 1.95 bits per heavy atom. The van der Waals surface area contributed by atoms with Crippen LogP contribution in [0.5, 0.6) is 0 Å². The number of esters is 1. The molecule has 0 aromatic heterocycles. The lowest BCUT2D eigenvalue weighted by atomic mass is 10.1. The van der Waals surface area contributed by atoms with E-state index in [2.05, 4.69) is 16.7 Å². The molecule has 0 amide bonds. The lowest BCUT2D eigenvalue weighted by Crippen LogP contribution is -2.36. The minimum atomic E-state index is -0.288. The maximum absolute atomic E-state index is 11.3. The van der Waals surface area contributed by atoms with Crippen molar-refractivity contribution in [2.45, 2.75) is 25.4 Å². The summed E-state index contributed by atoms with van der Waals surface area (Å²) in [5, 5.41) is 0. The largest absolute Gasteiger partial charge is 0.465 e. The maximum Gasteiger partial charge on any atom is 0.337 e. The Morgan fingerprint density at radius 3 is 2.53 bits per heavy atom. The Morgan fingerprint density at radius 1 is 1.32 bits per heavy atom. The molecular formula is C15H21NO3. The van der Waals surface area contributed by atoms with Crippen LogP contribution in [0.25, 0.3) is 0 Å². The second-order valence-corrected chi connectivity index (χ2v) is 4.95. The van der Waals surface area contributed by atoms with Crippen LogP contribution in [0.3, 0.4) is 0 Å². The first-order valence-electron chi connectivity index (χ1n) is 6.66. The van der Waals surface area contributed by atoms with Crippen molar-refractivity contribution in [1.82, 2.24) is 4.90 Å². The summed E-state index contributed by atoms with van der Waals surface area (Å²) in [5.74, 6) is -0.288. The van der Waals surface area contributed by atoms with Crippen LogP contribution in [0, 0.1) is 0 Å². The van der Waals surface area contributed by atoms with Crippen molar-refractivity contribution in [1.29, 1.82) is 0 Å². The summed E-state index contributed by atoms with van der Waals surface area (Å²) in [6, 6.07) is 8.20. The average Bonchev–Trinajstić information content (AvgIpc) is 2.48. The van der Waals surface area contributed by atoms with Gasteiger partial charge in [0.15, 0.2) is 0 Å². The molecule has 104 valence electrons. The molecule has 1 saturated heterocycles. The van der Waals surface area contributed by atoms with E-state index in [1.165, 1.54) is 12.7 Å². The van der Waals surface area contributed by atoms with Gasteiger partial charge >= 0.3 is 5.97 Å². The highest BCUT2D eigenvalue weighted by Crippen LogP contribution is 2.16. The highest BCUT2D eigenvalue weighted by molar-refractivity contribution is 5.89. The van der Waals surface area contributed by atoms with Gasteiger partial charge in [-0.1, -0.05) is 12.1 Å². The lowest BCUT2D eigenvalue weighted by molar-refractivity contribution is 0.0407. The molecule has 1 heterocycles. The minimum Gasteiger partial charge on any atom is -0.465 e. The van der Waals surface area contributed by atoms with Gasteiger partial charge in [-0.2, -0.15) is 0 Å². The summed E-state index contributed by atoms with van der Waals surface area (Å²) >= 11 is 0. The van der Waals surface area contributed by atoms with Crippen LogP contribution in [-0.4, -0.2) is 44.3 Å². The summed E-state index contributed by atoms with van der Waals surface area (Å²) in [4.78, 5) is 13.7. The molecule has 0 saturated carbocycles. The first-order valence-corrected chi connectivity index (χ1v) is 6.66. The highest BCUT2D eigenvalue weighted by Gasteiger charge is 2.18. The molecule has 0 radical (unpaired) electrons. The molecule has 0 atom stereocenters. The second kappa shape index (κ2) is 6.68. The summed E-state index contributed by atoms with van der Waals surface area (Å²) in [5.41, 5.74) is 1.81. The Kier molecular flexibility index (Phi) is 4.93. The number of methoxy groups -OCH3 is 1. The normalized spacial score (nSPS) is 16.6. The summed E-state index contributed by atoms with van der Waals surface area (Å²) in [6.07, 6.45) is 2.19. The third-order valence-corrected chi connectivity index (χ3v) is 3.62. The molecule has 0 aliphatic carbocycles. The van der Waals surface area contributed by atoms with Gasteiger partial charge in [-0.25, -0.2) is 4.79 Å². The minimum absolute atomic E-state index is 0.288. The first-order chi connectivity index (χ1) is 9.20. The fraction of sp³-hybridized carbons (Fsp3) is 0.533. The first kappa shape index (κ1) is 14.0. The molecule has 2 rings (SSSR count). The van der Waals surface area contributed by atoms with Crippen LogP contribution < -0.4 is 0 Å². The van der Waals surface area contributed by atoms with Gasteiger partial charge in [0, 0.05) is 25.8 Å². The van der Waals surface area contributed by atoms with Crippen LogP contribution in [0.4, 0.5) is 0 Å². The van der Waals surface area contributed by atoms with Crippen LogP contribution in [-0.2, 0) is 16.0 Å². The van der Waals surface area contributed by atoms with Gasteiger partial charge in [0.2, 0.25) is 0 Å². The zero-order valence-electron chi connectivity index (χ0n) is 11.6. The summed E-state index contributed by atoms with van der Waals surface area (Å²) in [6.45, 7) is 2.61. The number of carbonyl (C=O) groups excluding carboxylic acids is 1. The molecule has 4 heteroatoms. The van der Waals surface area contributed by atoms with Gasteiger partial charge < -0.3 is 9.47 Å². The van der Waals surface area contributed by atoms with Crippen molar-refractivity contribution in [2.24, 2.45) is 0 Å². The zero-order valence-corrected chi connectivity index (χ0v) is 11.6. The van der Waals surface area contributed by atoms with Gasteiger partial charge in [0.25, 0.3) is 0 Å². The monoisotopic (exact) mass is 263 g/mol. The molecule has 1 aliphatic heterocycles. The van der Waals surface area contributed by atoms with Crippen LogP contribution in [0.2, 0.25) is 0 Å². The smallest absolute Gasteiger partial charge is 0.337 e. The number of hydrogen-bond donors (Lipinski definition) is 0. The predicted octanol–water partition coefficient (Wildman–Crippen LogP) is 2.08. The van der Waals surface area contributed by atoms with Gasteiger partial charge in [0.1, 0.15) is 0 Å². The number of benzene rings is 1. The third-order valence-electron chi connectivity index (χ3n) is 3.62. The number of hydrogen-bond acceptors (Lipinski definition) is 4. The summed E-state index contributed by atoms with van der Waals surface area (Å²) in [7, 11) is 3.54. The van der Waals surface area contributed by atoms with Crippen LogP contribution >= 0.6 is 0 Å². The average molecular weight is 263 g/mol. The van der Waals surface area contributed by atoms with E-state index in [4.69, 9.17) is 4.74 Å². The van der Waals surface area contributed by atoms with Crippen molar-refractivity contribution in [3.05, 3.63) is 35.4 Å². The summed E-state index contributed by atoms with van der Waals surface area (Å²) < 4.78 is 10.1. The topological polar surface area (TPSA) is 38.8 Å². The molecule has 1 aromatic rings. The van der Waals surface area contributed by atoms with Crippen molar-refractivity contribution in [2.75, 3.05) is 27.4 Å². The van der Waals surface area contributed by atoms with Crippen molar-refractivity contribution in [3.63, 3.8) is 0 Å². The number of ether oxygens (including phenoxy) is 2. The molecule has 0 spiro atoms. The molecule has 0 N–H and O–H groups in total. The molecule has 0 unspecified atom stereocenters. The van der Waals surface area contributed by atoms with E-state index in [1.54, 1.807) is 0 Å². The fourth-order valence-corrected chi connectivity index (χ4v) is 2.41. The molecule has 0 bridgehead atoms. The molecule has 1 aromatic carbocycles. The van der Waals surface area contributed by atoms with Crippen LogP contribution in [0.1, 0.15) is 28.8 Å². The zero-order chi connectivity index (χ0) is 13.7. The SMILES string of the molecule is COC(=O)c1ccc(CN(C)C2CCOCC2)cc1. The molecule has 1 fully saturated rings. The van der Waals surface area contributed by atoms with Gasteiger partial charge in [-0.15, -0.1) is 0 Å². The third kappa shape index (κ3) is 3.78. The van der Waals surface area contributed by atoms with E-state index in [0.717, 1.165) is 32.6 Å². The van der Waals surface area contributed by atoms with Crippen molar-refractivity contribution < 1.29 is 14.3 Å². The van der Waals surface area contributed by atoms with E-state index in [1.807, 2.05) is 24.3 Å². The number of nitrogens with zero attached hydrogens (tertiary/aromatic N) is 1.